The van der Waals surface area contributed by atoms with Gasteiger partial charge in [0.2, 0.25) is 5.91 Å². The monoisotopic (exact) mass is 351 g/mol. The van der Waals surface area contributed by atoms with Crippen molar-refractivity contribution in [1.82, 2.24) is 0 Å². The fourth-order valence-electron chi connectivity index (χ4n) is 2.55. The molecule has 2 rings (SSSR count). The summed E-state index contributed by atoms with van der Waals surface area (Å²) in [5.74, 6) is -0.396. The van der Waals surface area contributed by atoms with Crippen LogP contribution in [0.1, 0.15) is 33.1 Å². The van der Waals surface area contributed by atoms with Crippen molar-refractivity contribution in [2.45, 2.75) is 45.2 Å². The van der Waals surface area contributed by atoms with Crippen molar-refractivity contribution in [2.75, 3.05) is 10.6 Å². The Labute approximate surface area is 143 Å². The highest BCUT2D eigenvalue weighted by Crippen LogP contribution is 2.28. The first-order valence-corrected chi connectivity index (χ1v) is 7.08. The third kappa shape index (κ3) is 5.63. The van der Waals surface area contributed by atoms with Crippen molar-refractivity contribution >= 4 is 42.1 Å². The molecule has 0 spiro atoms. The smallest absolute Gasteiger partial charge is 0.227 e. The third-order valence-corrected chi connectivity index (χ3v) is 3.53. The molecule has 1 aliphatic rings. The fourth-order valence-corrected chi connectivity index (χ4v) is 2.55. The molecule has 2 atom stereocenters. The van der Waals surface area contributed by atoms with Crippen LogP contribution in [0.5, 0.6) is 0 Å². The van der Waals surface area contributed by atoms with Gasteiger partial charge >= 0.3 is 0 Å². The Morgan fingerprint density at radius 2 is 1.95 bits per heavy atom. The maximum absolute atomic E-state index is 13.3. The first-order chi connectivity index (χ1) is 9.45. The van der Waals surface area contributed by atoms with Crippen LogP contribution in [0.4, 0.5) is 15.8 Å². The minimum absolute atomic E-state index is 0. The number of anilines is 2. The molecule has 7 heteroatoms. The van der Waals surface area contributed by atoms with E-state index in [1.54, 1.807) is 6.07 Å². The summed E-state index contributed by atoms with van der Waals surface area (Å²) in [4.78, 5) is 12.2. The van der Waals surface area contributed by atoms with E-state index in [0.29, 0.717) is 11.4 Å². The number of nitrogens with two attached hydrogens (primary N) is 1. The van der Waals surface area contributed by atoms with Gasteiger partial charge in [-0.2, -0.15) is 0 Å². The topological polar surface area (TPSA) is 67.1 Å². The van der Waals surface area contributed by atoms with Gasteiger partial charge in [0.25, 0.3) is 0 Å². The van der Waals surface area contributed by atoms with E-state index in [-0.39, 0.29) is 54.5 Å². The lowest BCUT2D eigenvalue weighted by Crippen LogP contribution is -2.24. The molecule has 1 aliphatic carbocycles. The highest BCUT2D eigenvalue weighted by molar-refractivity contribution is 5.95. The molecule has 1 saturated carbocycles. The summed E-state index contributed by atoms with van der Waals surface area (Å²) in [6.07, 6.45) is 2.43. The summed E-state index contributed by atoms with van der Waals surface area (Å²) in [7, 11) is 0. The average molecular weight is 352 g/mol. The molecule has 1 aromatic carbocycles. The van der Waals surface area contributed by atoms with Gasteiger partial charge in [-0.25, -0.2) is 4.39 Å². The summed E-state index contributed by atoms with van der Waals surface area (Å²) >= 11 is 0. The van der Waals surface area contributed by atoms with Crippen LogP contribution < -0.4 is 16.4 Å². The second-order valence-corrected chi connectivity index (χ2v) is 5.75. The van der Waals surface area contributed by atoms with Gasteiger partial charge in [0.05, 0.1) is 11.4 Å². The minimum atomic E-state index is -0.325. The molecule has 22 heavy (non-hydrogen) atoms. The molecule has 0 radical (unpaired) electrons. The SMILES string of the molecule is CC(C)Nc1cc(F)ccc1NC(=O)C1CCC(N)C1.Cl.Cl. The van der Waals surface area contributed by atoms with E-state index >= 15 is 0 Å². The summed E-state index contributed by atoms with van der Waals surface area (Å²) < 4.78 is 13.3. The minimum Gasteiger partial charge on any atom is -0.381 e. The fraction of sp³-hybridized carbons (Fsp3) is 0.533. The van der Waals surface area contributed by atoms with Gasteiger partial charge in [0.1, 0.15) is 5.82 Å². The first-order valence-electron chi connectivity index (χ1n) is 7.08. The van der Waals surface area contributed by atoms with Crippen LogP contribution in [0.25, 0.3) is 0 Å². The number of hydrogen-bond donors (Lipinski definition) is 3. The van der Waals surface area contributed by atoms with Crippen molar-refractivity contribution in [3.05, 3.63) is 24.0 Å². The van der Waals surface area contributed by atoms with Crippen LogP contribution >= 0.6 is 24.8 Å². The molecule has 0 heterocycles. The summed E-state index contributed by atoms with van der Waals surface area (Å²) in [6.45, 7) is 3.93. The van der Waals surface area contributed by atoms with E-state index in [9.17, 15) is 9.18 Å². The molecule has 4 nitrogen and oxygen atoms in total. The predicted octanol–water partition coefficient (Wildman–Crippen LogP) is 3.56. The lowest BCUT2D eigenvalue weighted by Gasteiger charge is -2.17. The average Bonchev–Trinajstić information content (AvgIpc) is 2.78. The molecule has 2 unspecified atom stereocenters. The number of nitrogens with one attached hydrogen (secondary N) is 2. The van der Waals surface area contributed by atoms with Crippen LogP contribution in [0.15, 0.2) is 18.2 Å². The van der Waals surface area contributed by atoms with Crippen molar-refractivity contribution in [3.8, 4) is 0 Å². The molecule has 0 aliphatic heterocycles. The zero-order valence-corrected chi connectivity index (χ0v) is 14.4. The van der Waals surface area contributed by atoms with Gasteiger partial charge in [0, 0.05) is 18.0 Å². The van der Waals surface area contributed by atoms with Crippen molar-refractivity contribution < 1.29 is 9.18 Å². The number of halogens is 3. The first kappa shape index (κ1) is 21.0. The zero-order chi connectivity index (χ0) is 14.7. The van der Waals surface area contributed by atoms with Gasteiger partial charge in [0.15, 0.2) is 0 Å². The second-order valence-electron chi connectivity index (χ2n) is 5.75. The molecule has 126 valence electrons. The van der Waals surface area contributed by atoms with Crippen molar-refractivity contribution in [1.29, 1.82) is 0 Å². The number of benzene rings is 1. The standard InChI is InChI=1S/C15H22FN3O.2ClH/c1-9(2)18-14-8-11(16)4-6-13(14)19-15(20)10-3-5-12(17)7-10;;/h4,6,8-10,12,18H,3,5,7,17H2,1-2H3,(H,19,20);2*1H. The molecule has 0 bridgehead atoms. The molecule has 0 saturated heterocycles. The molecule has 0 aromatic heterocycles. The number of carbonyl (C=O) groups is 1. The van der Waals surface area contributed by atoms with Crippen LogP contribution in [0.3, 0.4) is 0 Å². The lowest BCUT2D eigenvalue weighted by molar-refractivity contribution is -0.119. The van der Waals surface area contributed by atoms with Crippen molar-refractivity contribution in [3.63, 3.8) is 0 Å². The van der Waals surface area contributed by atoms with Crippen LogP contribution in [-0.2, 0) is 4.79 Å². The van der Waals surface area contributed by atoms with Gasteiger partial charge in [-0.15, -0.1) is 24.8 Å². The molecular formula is C15H24Cl2FN3O. The van der Waals surface area contributed by atoms with E-state index < -0.39 is 0 Å². The Hall–Kier alpha value is -1.04. The maximum atomic E-state index is 13.3. The Morgan fingerprint density at radius 3 is 2.50 bits per heavy atom. The van der Waals surface area contributed by atoms with Crippen molar-refractivity contribution in [2.24, 2.45) is 11.7 Å². The van der Waals surface area contributed by atoms with E-state index in [2.05, 4.69) is 10.6 Å². The molecular weight excluding hydrogens is 328 g/mol. The quantitative estimate of drug-likeness (QED) is 0.776. The maximum Gasteiger partial charge on any atom is 0.227 e. The summed E-state index contributed by atoms with van der Waals surface area (Å²) in [5, 5.41) is 6.02. The molecule has 1 amide bonds. The van der Waals surface area contributed by atoms with Crippen LogP contribution in [-0.4, -0.2) is 18.0 Å². The highest BCUT2D eigenvalue weighted by Gasteiger charge is 2.28. The van der Waals surface area contributed by atoms with Crippen LogP contribution in [0.2, 0.25) is 0 Å². The molecule has 1 fully saturated rings. The van der Waals surface area contributed by atoms with E-state index in [1.807, 2.05) is 13.8 Å². The third-order valence-electron chi connectivity index (χ3n) is 3.53. The molecule has 4 N–H and O–H groups in total. The van der Waals surface area contributed by atoms with Gasteiger partial charge in [-0.1, -0.05) is 0 Å². The number of rotatable bonds is 4. The normalized spacial score (nSPS) is 20.0. The Kier molecular flexibility index (Phi) is 8.74. The van der Waals surface area contributed by atoms with Gasteiger partial charge in [-0.05, 0) is 51.3 Å². The van der Waals surface area contributed by atoms with E-state index in [0.717, 1.165) is 19.3 Å². The largest absolute Gasteiger partial charge is 0.381 e. The summed E-state index contributed by atoms with van der Waals surface area (Å²) in [6, 6.07) is 4.62. The Balaban J connectivity index is 0.00000220. The number of carbonyl (C=O) groups excluding carboxylic acids is 1. The lowest BCUT2D eigenvalue weighted by atomic mass is 10.1. The van der Waals surface area contributed by atoms with E-state index in [4.69, 9.17) is 5.73 Å². The van der Waals surface area contributed by atoms with Gasteiger partial charge < -0.3 is 16.4 Å². The van der Waals surface area contributed by atoms with Crippen LogP contribution in [0, 0.1) is 11.7 Å². The predicted molar refractivity (Wildman–Crippen MR) is 93.6 cm³/mol. The molecule has 1 aromatic rings. The second kappa shape index (κ2) is 9.18. The van der Waals surface area contributed by atoms with E-state index in [1.165, 1.54) is 12.1 Å². The number of amides is 1. The Bertz CT molecular complexity index is 500. The van der Waals surface area contributed by atoms with Gasteiger partial charge in [-0.3, -0.25) is 4.79 Å². The highest BCUT2D eigenvalue weighted by atomic mass is 35.5. The summed E-state index contributed by atoms with van der Waals surface area (Å²) in [5.41, 5.74) is 7.05. The number of hydrogen-bond acceptors (Lipinski definition) is 3. The Morgan fingerprint density at radius 1 is 1.27 bits per heavy atom. The zero-order valence-electron chi connectivity index (χ0n) is 12.8.